The summed E-state index contributed by atoms with van der Waals surface area (Å²) in [5.41, 5.74) is -10.4. The SMILES string of the molecule is C[C@H]1C(=O)OC2C[C@@]1(C)C1C(=O)[C@]3(O)O[C@@]14[C@@](O)(CCC1C3C[C@H](O)[C@@]35CC(=CC(=O)[C@]13C)OO5)C(=O)O[C@@]24C. The zero-order valence-corrected chi connectivity index (χ0v) is 22.6. The normalized spacial score (nSPS) is 60.8. The fraction of sp³-hybridized carbons (Fsp3) is 0.786. The van der Waals surface area contributed by atoms with Crippen molar-refractivity contribution in [1.29, 1.82) is 0 Å². The summed E-state index contributed by atoms with van der Waals surface area (Å²) >= 11 is 0. The molecule has 40 heavy (non-hydrogen) atoms. The Labute approximate surface area is 228 Å². The summed E-state index contributed by atoms with van der Waals surface area (Å²) in [5.74, 6) is -9.33. The van der Waals surface area contributed by atoms with Crippen LogP contribution in [0.15, 0.2) is 11.8 Å². The minimum absolute atomic E-state index is 0.000266. The van der Waals surface area contributed by atoms with E-state index >= 15 is 0 Å². The molecule has 3 aliphatic carbocycles. The van der Waals surface area contributed by atoms with E-state index in [1.807, 2.05) is 0 Å². The van der Waals surface area contributed by atoms with Crippen LogP contribution in [-0.4, -0.2) is 79.2 Å². The first-order valence-electron chi connectivity index (χ1n) is 14.0. The van der Waals surface area contributed by atoms with Gasteiger partial charge in [-0.2, -0.15) is 4.89 Å². The number of carbonyl (C=O) groups excluding carboxylic acids is 4. The number of ketones is 2. The molecule has 4 unspecified atom stereocenters. The van der Waals surface area contributed by atoms with Gasteiger partial charge in [-0.3, -0.25) is 14.4 Å². The third-order valence-electron chi connectivity index (χ3n) is 12.8. The van der Waals surface area contributed by atoms with Gasteiger partial charge in [0.2, 0.25) is 5.79 Å². The number of allylic oxidation sites excluding steroid dienone is 1. The quantitative estimate of drug-likeness (QED) is 0.268. The molecule has 2 spiro atoms. The van der Waals surface area contributed by atoms with E-state index in [9.17, 15) is 34.5 Å². The number of aliphatic hydroxyl groups is 3. The summed E-state index contributed by atoms with van der Waals surface area (Å²) in [5, 5.41) is 36.4. The highest BCUT2D eigenvalue weighted by Gasteiger charge is 2.92. The maximum Gasteiger partial charge on any atom is 0.342 e. The molecule has 0 aromatic carbocycles. The summed E-state index contributed by atoms with van der Waals surface area (Å²) in [6.45, 7) is 6.42. The van der Waals surface area contributed by atoms with Crippen molar-refractivity contribution in [2.45, 2.75) is 100 Å². The van der Waals surface area contributed by atoms with Gasteiger partial charge in [-0.15, -0.1) is 0 Å². The van der Waals surface area contributed by atoms with E-state index in [2.05, 4.69) is 0 Å². The third-order valence-corrected chi connectivity index (χ3v) is 12.8. The molecule has 0 amide bonds. The predicted molar refractivity (Wildman–Crippen MR) is 126 cm³/mol. The number of Topliss-reactive ketones (excluding diaryl/α,β-unsaturated/α-hetero) is 1. The van der Waals surface area contributed by atoms with Gasteiger partial charge in [-0.1, -0.05) is 13.8 Å². The lowest BCUT2D eigenvalue weighted by Gasteiger charge is -2.62. The van der Waals surface area contributed by atoms with Crippen LogP contribution in [0, 0.1) is 34.5 Å². The molecule has 13 atom stereocenters. The van der Waals surface area contributed by atoms with Crippen LogP contribution in [0.25, 0.3) is 0 Å². The molecule has 0 radical (unpaired) electrons. The first-order valence-corrected chi connectivity index (χ1v) is 14.0. The van der Waals surface area contributed by atoms with Crippen molar-refractivity contribution in [3.8, 4) is 0 Å². The van der Waals surface area contributed by atoms with Crippen molar-refractivity contribution in [1.82, 2.24) is 0 Å². The summed E-state index contributed by atoms with van der Waals surface area (Å²) < 4.78 is 18.1. The molecule has 7 fully saturated rings. The maximum atomic E-state index is 14.7. The van der Waals surface area contributed by atoms with Gasteiger partial charge in [-0.25, -0.2) is 4.79 Å². The van der Waals surface area contributed by atoms with Gasteiger partial charge in [0.05, 0.1) is 23.4 Å². The molecule has 5 aliphatic heterocycles. The van der Waals surface area contributed by atoms with Crippen LogP contribution in [0.4, 0.5) is 0 Å². The number of hydrogen-bond donors (Lipinski definition) is 3. The van der Waals surface area contributed by atoms with E-state index < -0.39 is 98.4 Å². The predicted octanol–water partition coefficient (Wildman–Crippen LogP) is 0.00180. The summed E-state index contributed by atoms with van der Waals surface area (Å²) in [6, 6.07) is 0. The Bertz CT molecular complexity index is 1370. The number of hydrogen-bond acceptors (Lipinski definition) is 12. The molecular weight excluding hydrogens is 528 g/mol. The van der Waals surface area contributed by atoms with Gasteiger partial charge >= 0.3 is 11.9 Å². The average Bonchev–Trinajstić information content (AvgIpc) is 3.44. The van der Waals surface area contributed by atoms with Crippen LogP contribution in [0.1, 0.15) is 59.8 Å². The second-order valence-corrected chi connectivity index (χ2v) is 14.0. The van der Waals surface area contributed by atoms with Crippen molar-refractivity contribution in [2.24, 2.45) is 34.5 Å². The molecule has 8 aliphatic rings. The third kappa shape index (κ3) is 2.13. The van der Waals surface area contributed by atoms with Crippen molar-refractivity contribution in [3.05, 3.63) is 11.8 Å². The number of ether oxygens (including phenoxy) is 3. The van der Waals surface area contributed by atoms with Crippen molar-refractivity contribution in [3.63, 3.8) is 0 Å². The number of fused-ring (bicyclic) bond motifs is 9. The highest BCUT2D eigenvalue weighted by molar-refractivity contribution is 6.00. The molecule has 0 aromatic rings. The molecule has 0 aromatic heterocycles. The lowest BCUT2D eigenvalue weighted by molar-refractivity contribution is -0.379. The van der Waals surface area contributed by atoms with E-state index in [4.69, 9.17) is 24.0 Å². The van der Waals surface area contributed by atoms with Gasteiger partial charge < -0.3 is 34.4 Å². The number of carbonyl (C=O) groups is 4. The fourth-order valence-corrected chi connectivity index (χ4v) is 10.4. The Morgan fingerprint density at radius 1 is 1.05 bits per heavy atom. The van der Waals surface area contributed by atoms with E-state index in [0.29, 0.717) is 0 Å². The van der Waals surface area contributed by atoms with E-state index in [0.717, 1.165) is 0 Å². The number of aliphatic hydroxyl groups excluding tert-OH is 1. The summed E-state index contributed by atoms with van der Waals surface area (Å²) in [7, 11) is 0. The molecule has 5 saturated heterocycles. The minimum Gasteiger partial charge on any atom is -0.458 e. The van der Waals surface area contributed by atoms with Crippen LogP contribution in [-0.2, 0) is 43.2 Å². The smallest absolute Gasteiger partial charge is 0.342 e. The van der Waals surface area contributed by atoms with Crippen LogP contribution in [0.2, 0.25) is 0 Å². The van der Waals surface area contributed by atoms with Gasteiger partial charge in [-0.05, 0) is 50.9 Å². The molecule has 6 bridgehead atoms. The van der Waals surface area contributed by atoms with Gasteiger partial charge in [0.1, 0.15) is 11.9 Å². The maximum absolute atomic E-state index is 14.7. The second kappa shape index (κ2) is 6.64. The van der Waals surface area contributed by atoms with Gasteiger partial charge in [0.15, 0.2) is 34.0 Å². The zero-order chi connectivity index (χ0) is 28.6. The van der Waals surface area contributed by atoms with E-state index in [1.165, 1.54) is 13.0 Å². The summed E-state index contributed by atoms with van der Waals surface area (Å²) in [4.78, 5) is 66.2. The standard InChI is InChI=1S/C28H32O12/c1-11-20(32)36-17-10-22(11,2)18-19(31)27(35)14-8-16(30)26-9-12(38-40-26)7-15(29)23(26,3)13(14)5-6-25(34)21(33)37-24(17,4)28(18,25)39-27/h7,11,13-14,16-18,30,34-35H,5-6,8-10H2,1-4H3/t11-,13?,14?,16-,17?,18?,22+,23-,24-,25+,26-,27+,28-/m0/s1. The first kappa shape index (κ1) is 25.3. The van der Waals surface area contributed by atoms with Crippen molar-refractivity contribution < 1.29 is 58.5 Å². The lowest BCUT2D eigenvalue weighted by atomic mass is 9.46. The van der Waals surface area contributed by atoms with Crippen LogP contribution < -0.4 is 0 Å². The molecule has 5 heterocycles. The van der Waals surface area contributed by atoms with Crippen LogP contribution in [0.5, 0.6) is 0 Å². The molecular formula is C28H32O12. The number of esters is 2. The Morgan fingerprint density at radius 3 is 2.50 bits per heavy atom. The minimum atomic E-state index is -2.63. The van der Waals surface area contributed by atoms with Crippen LogP contribution in [0.3, 0.4) is 0 Å². The Hall–Kier alpha value is -2.38. The first-order chi connectivity index (χ1) is 18.6. The topological polar surface area (TPSA) is 175 Å². The molecule has 8 rings (SSSR count). The molecule has 12 heteroatoms. The number of rotatable bonds is 0. The Balaban J connectivity index is 1.38. The molecule has 12 nitrogen and oxygen atoms in total. The monoisotopic (exact) mass is 560 g/mol. The second-order valence-electron chi connectivity index (χ2n) is 14.0. The molecule has 2 saturated carbocycles. The Kier molecular flexibility index (Phi) is 4.21. The highest BCUT2D eigenvalue weighted by Crippen LogP contribution is 2.74. The van der Waals surface area contributed by atoms with Gasteiger partial charge in [0.25, 0.3) is 0 Å². The van der Waals surface area contributed by atoms with Crippen molar-refractivity contribution in [2.75, 3.05) is 0 Å². The van der Waals surface area contributed by atoms with Gasteiger partial charge in [0, 0.05) is 18.4 Å². The highest BCUT2D eigenvalue weighted by atomic mass is 17.2. The molecule has 3 N–H and O–H groups in total. The van der Waals surface area contributed by atoms with E-state index in [-0.39, 0.29) is 37.9 Å². The molecule has 216 valence electrons. The average molecular weight is 561 g/mol. The largest absolute Gasteiger partial charge is 0.458 e. The zero-order valence-electron chi connectivity index (χ0n) is 22.6. The summed E-state index contributed by atoms with van der Waals surface area (Å²) in [6.07, 6.45) is -1.24. The van der Waals surface area contributed by atoms with Crippen molar-refractivity contribution >= 4 is 23.5 Å². The lowest BCUT2D eigenvalue weighted by Crippen LogP contribution is -2.78. The van der Waals surface area contributed by atoms with Crippen LogP contribution >= 0.6 is 0 Å². The van der Waals surface area contributed by atoms with E-state index in [1.54, 1.807) is 20.8 Å². The fourth-order valence-electron chi connectivity index (χ4n) is 10.4. The Morgan fingerprint density at radius 2 is 1.77 bits per heavy atom.